The van der Waals surface area contributed by atoms with Gasteiger partial charge in [-0.05, 0) is 5.56 Å². The Labute approximate surface area is 99.0 Å². The summed E-state index contributed by atoms with van der Waals surface area (Å²) >= 11 is 0. The van der Waals surface area contributed by atoms with Gasteiger partial charge in [-0.15, -0.1) is 0 Å². The van der Waals surface area contributed by atoms with E-state index in [1.165, 1.54) is 0 Å². The summed E-state index contributed by atoms with van der Waals surface area (Å²) < 4.78 is 0. The number of carboxylic acids is 1. The number of rotatable bonds is 3. The molecule has 0 bridgehead atoms. The minimum Gasteiger partial charge on any atom is -0.480 e. The Bertz CT molecular complexity index is 419. The number of aliphatic carboxylic acids is 1. The number of carbonyl (C=O) groups excluding carboxylic acids is 1. The van der Waals surface area contributed by atoms with Gasteiger partial charge in [0.05, 0.1) is 6.54 Å². The van der Waals surface area contributed by atoms with Gasteiger partial charge in [0.2, 0.25) is 5.91 Å². The Hall–Kier alpha value is -1.88. The highest BCUT2D eigenvalue weighted by atomic mass is 16.4. The Morgan fingerprint density at radius 1 is 1.41 bits per heavy atom. The summed E-state index contributed by atoms with van der Waals surface area (Å²) in [4.78, 5) is 24.3. The molecule has 2 rings (SSSR count). The molecule has 0 spiro atoms. The fourth-order valence-electron chi connectivity index (χ4n) is 2.06. The molecule has 1 aliphatic heterocycles. The average molecular weight is 234 g/mol. The monoisotopic (exact) mass is 234 g/mol. The van der Waals surface area contributed by atoms with Gasteiger partial charge in [0, 0.05) is 13.1 Å². The quantitative estimate of drug-likeness (QED) is 0.786. The van der Waals surface area contributed by atoms with Crippen molar-refractivity contribution in [2.75, 3.05) is 19.6 Å². The minimum absolute atomic E-state index is 0.118. The number of carboxylic acid groups (broad SMARTS) is 1. The molecule has 1 amide bonds. The van der Waals surface area contributed by atoms with Crippen LogP contribution in [0.25, 0.3) is 0 Å². The van der Waals surface area contributed by atoms with E-state index in [9.17, 15) is 9.59 Å². The first kappa shape index (κ1) is 11.6. The molecule has 0 aliphatic carbocycles. The summed E-state index contributed by atoms with van der Waals surface area (Å²) in [6.45, 7) is 0.931. The van der Waals surface area contributed by atoms with Gasteiger partial charge in [-0.1, -0.05) is 30.3 Å². The van der Waals surface area contributed by atoms with Gasteiger partial charge < -0.3 is 10.4 Å². The first-order chi connectivity index (χ1) is 8.18. The van der Waals surface area contributed by atoms with Crippen molar-refractivity contribution in [3.05, 3.63) is 35.9 Å². The molecule has 1 atom stereocenters. The second kappa shape index (κ2) is 4.97. The largest absolute Gasteiger partial charge is 0.480 e. The van der Waals surface area contributed by atoms with Crippen molar-refractivity contribution in [3.8, 4) is 0 Å². The van der Waals surface area contributed by atoms with Crippen LogP contribution in [0.3, 0.4) is 0 Å². The summed E-state index contributed by atoms with van der Waals surface area (Å²) in [5.74, 6) is -1.05. The predicted molar refractivity (Wildman–Crippen MR) is 61.4 cm³/mol. The Morgan fingerprint density at radius 3 is 2.76 bits per heavy atom. The third-order valence-corrected chi connectivity index (χ3v) is 2.77. The molecule has 1 aliphatic rings. The maximum atomic E-state index is 11.8. The SMILES string of the molecule is O=C(O)CN1CCNC(=O)[C@@H]1c1ccccc1. The van der Waals surface area contributed by atoms with Crippen LogP contribution in [0.1, 0.15) is 11.6 Å². The fraction of sp³-hybridized carbons (Fsp3) is 0.333. The molecule has 1 fully saturated rings. The van der Waals surface area contributed by atoms with Crippen LogP contribution in [0.5, 0.6) is 0 Å². The van der Waals surface area contributed by atoms with Crippen molar-refractivity contribution >= 4 is 11.9 Å². The molecule has 90 valence electrons. The van der Waals surface area contributed by atoms with E-state index in [1.807, 2.05) is 30.3 Å². The molecule has 0 aromatic heterocycles. The zero-order valence-corrected chi connectivity index (χ0v) is 9.30. The first-order valence-electron chi connectivity index (χ1n) is 5.47. The van der Waals surface area contributed by atoms with E-state index in [0.717, 1.165) is 5.56 Å². The summed E-state index contributed by atoms with van der Waals surface area (Å²) in [5, 5.41) is 11.6. The van der Waals surface area contributed by atoms with E-state index in [4.69, 9.17) is 5.11 Å². The number of carbonyl (C=O) groups is 2. The molecule has 2 N–H and O–H groups in total. The van der Waals surface area contributed by atoms with Gasteiger partial charge in [0.25, 0.3) is 0 Å². The number of nitrogens with one attached hydrogen (secondary N) is 1. The number of hydrogen-bond acceptors (Lipinski definition) is 3. The van der Waals surface area contributed by atoms with Crippen molar-refractivity contribution in [2.24, 2.45) is 0 Å². The lowest BCUT2D eigenvalue weighted by atomic mass is 10.0. The van der Waals surface area contributed by atoms with Crippen molar-refractivity contribution in [1.29, 1.82) is 0 Å². The molecule has 1 heterocycles. The number of amides is 1. The van der Waals surface area contributed by atoms with E-state index in [2.05, 4.69) is 5.32 Å². The van der Waals surface area contributed by atoms with E-state index in [1.54, 1.807) is 4.90 Å². The molecule has 0 radical (unpaired) electrons. The van der Waals surface area contributed by atoms with Crippen LogP contribution in [0.2, 0.25) is 0 Å². The molecule has 17 heavy (non-hydrogen) atoms. The number of piperazine rings is 1. The van der Waals surface area contributed by atoms with Gasteiger partial charge in [-0.2, -0.15) is 0 Å². The molecular formula is C12H14N2O3. The van der Waals surface area contributed by atoms with Gasteiger partial charge in [0.1, 0.15) is 6.04 Å². The molecule has 1 aromatic carbocycles. The third-order valence-electron chi connectivity index (χ3n) is 2.77. The maximum absolute atomic E-state index is 11.8. The van der Waals surface area contributed by atoms with Crippen molar-refractivity contribution < 1.29 is 14.7 Å². The van der Waals surface area contributed by atoms with E-state index in [0.29, 0.717) is 13.1 Å². The summed E-state index contributed by atoms with van der Waals surface area (Å²) in [6.07, 6.45) is 0. The second-order valence-corrected chi connectivity index (χ2v) is 3.97. The number of hydrogen-bond donors (Lipinski definition) is 2. The molecular weight excluding hydrogens is 220 g/mol. The van der Waals surface area contributed by atoms with Crippen LogP contribution in [-0.4, -0.2) is 41.5 Å². The Balaban J connectivity index is 2.25. The van der Waals surface area contributed by atoms with Crippen LogP contribution in [-0.2, 0) is 9.59 Å². The summed E-state index contributed by atoms with van der Waals surface area (Å²) in [5.41, 5.74) is 0.825. The zero-order chi connectivity index (χ0) is 12.3. The number of benzene rings is 1. The van der Waals surface area contributed by atoms with Gasteiger partial charge in [-0.3, -0.25) is 14.5 Å². The average Bonchev–Trinajstić information content (AvgIpc) is 2.29. The lowest BCUT2D eigenvalue weighted by molar-refractivity contribution is -0.141. The predicted octanol–water partition coefficient (Wildman–Crippen LogP) is 0.244. The molecule has 0 unspecified atom stereocenters. The van der Waals surface area contributed by atoms with Crippen molar-refractivity contribution in [2.45, 2.75) is 6.04 Å². The lowest BCUT2D eigenvalue weighted by Gasteiger charge is -2.33. The van der Waals surface area contributed by atoms with E-state index >= 15 is 0 Å². The molecule has 5 heteroatoms. The van der Waals surface area contributed by atoms with Gasteiger partial charge >= 0.3 is 5.97 Å². The minimum atomic E-state index is -0.916. The molecule has 0 saturated carbocycles. The zero-order valence-electron chi connectivity index (χ0n) is 9.30. The number of nitrogens with zero attached hydrogens (tertiary/aromatic N) is 1. The summed E-state index contributed by atoms with van der Waals surface area (Å²) in [6, 6.07) is 8.73. The van der Waals surface area contributed by atoms with Gasteiger partial charge in [0.15, 0.2) is 0 Å². The van der Waals surface area contributed by atoms with Crippen LogP contribution < -0.4 is 5.32 Å². The highest BCUT2D eigenvalue weighted by Gasteiger charge is 2.31. The molecule has 5 nitrogen and oxygen atoms in total. The Morgan fingerprint density at radius 2 is 2.12 bits per heavy atom. The van der Waals surface area contributed by atoms with Crippen LogP contribution in [0.4, 0.5) is 0 Å². The van der Waals surface area contributed by atoms with Crippen LogP contribution in [0, 0.1) is 0 Å². The fourth-order valence-corrected chi connectivity index (χ4v) is 2.06. The normalized spacial score (nSPS) is 20.9. The summed E-state index contributed by atoms with van der Waals surface area (Å²) in [7, 11) is 0. The van der Waals surface area contributed by atoms with Crippen molar-refractivity contribution in [1.82, 2.24) is 10.2 Å². The van der Waals surface area contributed by atoms with E-state index < -0.39 is 12.0 Å². The first-order valence-corrected chi connectivity index (χ1v) is 5.47. The molecule has 1 aromatic rings. The van der Waals surface area contributed by atoms with Gasteiger partial charge in [-0.25, -0.2) is 0 Å². The third kappa shape index (κ3) is 2.62. The topological polar surface area (TPSA) is 69.6 Å². The highest BCUT2D eigenvalue weighted by molar-refractivity contribution is 5.84. The highest BCUT2D eigenvalue weighted by Crippen LogP contribution is 2.22. The maximum Gasteiger partial charge on any atom is 0.317 e. The lowest BCUT2D eigenvalue weighted by Crippen LogP contribution is -2.51. The smallest absolute Gasteiger partial charge is 0.317 e. The van der Waals surface area contributed by atoms with Crippen LogP contribution >= 0.6 is 0 Å². The standard InChI is InChI=1S/C12H14N2O3/c15-10(16)8-14-7-6-13-12(17)11(14)9-4-2-1-3-5-9/h1-5,11H,6-8H2,(H,13,17)(H,15,16)/t11-/m0/s1. The Kier molecular flexibility index (Phi) is 3.39. The molecule has 1 saturated heterocycles. The second-order valence-electron chi connectivity index (χ2n) is 3.97. The van der Waals surface area contributed by atoms with Crippen LogP contribution in [0.15, 0.2) is 30.3 Å². The van der Waals surface area contributed by atoms with E-state index in [-0.39, 0.29) is 12.5 Å². The van der Waals surface area contributed by atoms with Crippen molar-refractivity contribution in [3.63, 3.8) is 0 Å².